The minimum Gasteiger partial charge on any atom is -0.307 e. The quantitative estimate of drug-likeness (QED) is 0.522. The van der Waals surface area contributed by atoms with Crippen LogP contribution in [0.5, 0.6) is 0 Å². The Balaban J connectivity index is 2.24. The number of hydrazine groups is 1. The molecule has 0 aliphatic rings. The number of nitrogens with zero attached hydrogens (tertiary/aromatic N) is 3. The maximum Gasteiger partial charge on any atom is 0.244 e. The predicted octanol–water partition coefficient (Wildman–Crippen LogP) is 0.398. The third-order valence-electron chi connectivity index (χ3n) is 2.33. The summed E-state index contributed by atoms with van der Waals surface area (Å²) in [6, 6.07) is 3.02. The number of nitrogens with one attached hydrogen (secondary N) is 2. The fourth-order valence-corrected chi connectivity index (χ4v) is 3.03. The van der Waals surface area contributed by atoms with Crippen molar-refractivity contribution < 1.29 is 8.42 Å². The van der Waals surface area contributed by atoms with Crippen LogP contribution in [0.15, 0.2) is 40.2 Å². The molecule has 0 fully saturated rings. The number of halogens is 1. The van der Waals surface area contributed by atoms with Crippen molar-refractivity contribution in [2.24, 2.45) is 5.84 Å². The molecule has 0 spiro atoms. The lowest BCUT2D eigenvalue weighted by molar-refractivity contribution is 0.580. The van der Waals surface area contributed by atoms with Gasteiger partial charge in [0.2, 0.25) is 10.0 Å². The Morgan fingerprint density at radius 2 is 2.15 bits per heavy atom. The van der Waals surface area contributed by atoms with Gasteiger partial charge in [-0.25, -0.2) is 33.9 Å². The molecular formula is C10H11BrN6O2S. The van der Waals surface area contributed by atoms with Crippen molar-refractivity contribution >= 4 is 31.8 Å². The van der Waals surface area contributed by atoms with Crippen molar-refractivity contribution in [1.82, 2.24) is 19.7 Å². The molecule has 8 nitrogen and oxygen atoms in total. The standard InChI is InChI=1S/C10H11BrN6O2S/c11-7-3-9(10(17-12)14-4-7)20(18,19)16-5-8-1-2-13-6-15-8/h1-4,6,16H,5,12H2,(H,14,17). The van der Waals surface area contributed by atoms with E-state index in [1.807, 2.05) is 0 Å². The van der Waals surface area contributed by atoms with Crippen LogP contribution in [0.1, 0.15) is 5.69 Å². The highest BCUT2D eigenvalue weighted by molar-refractivity contribution is 9.10. The Kier molecular flexibility index (Phi) is 4.60. The molecule has 10 heteroatoms. The molecule has 0 bridgehead atoms. The largest absolute Gasteiger partial charge is 0.307 e. The van der Waals surface area contributed by atoms with Gasteiger partial charge >= 0.3 is 0 Å². The van der Waals surface area contributed by atoms with Crippen LogP contribution in [0.4, 0.5) is 5.82 Å². The SMILES string of the molecule is NNc1ncc(Br)cc1S(=O)(=O)NCc1ccncn1. The van der Waals surface area contributed by atoms with Gasteiger partial charge in [0.05, 0.1) is 12.2 Å². The number of hydrogen-bond donors (Lipinski definition) is 3. The number of sulfonamides is 1. The first-order valence-corrected chi connectivity index (χ1v) is 7.67. The van der Waals surface area contributed by atoms with Crippen LogP contribution < -0.4 is 16.0 Å². The summed E-state index contributed by atoms with van der Waals surface area (Å²) in [4.78, 5) is 11.5. The molecule has 0 aliphatic heterocycles. The second-order valence-electron chi connectivity index (χ2n) is 3.67. The molecule has 0 amide bonds. The average Bonchev–Trinajstić information content (AvgIpc) is 2.46. The number of pyridine rings is 1. The molecule has 0 atom stereocenters. The third kappa shape index (κ3) is 3.48. The van der Waals surface area contributed by atoms with E-state index in [1.54, 1.807) is 6.07 Å². The van der Waals surface area contributed by atoms with Crippen molar-refractivity contribution in [1.29, 1.82) is 0 Å². The van der Waals surface area contributed by atoms with E-state index in [2.05, 4.69) is 41.0 Å². The number of rotatable bonds is 5. The highest BCUT2D eigenvalue weighted by atomic mass is 79.9. The van der Waals surface area contributed by atoms with Crippen molar-refractivity contribution in [3.05, 3.63) is 41.0 Å². The first kappa shape index (κ1) is 14.8. The second-order valence-corrected chi connectivity index (χ2v) is 6.32. The number of anilines is 1. The van der Waals surface area contributed by atoms with Gasteiger partial charge in [0.15, 0.2) is 5.82 Å². The summed E-state index contributed by atoms with van der Waals surface area (Å²) >= 11 is 3.17. The smallest absolute Gasteiger partial charge is 0.244 e. The fourth-order valence-electron chi connectivity index (χ4n) is 1.40. The van der Waals surface area contributed by atoms with E-state index in [0.29, 0.717) is 10.2 Å². The molecule has 0 saturated heterocycles. The van der Waals surface area contributed by atoms with Gasteiger partial charge in [0.1, 0.15) is 11.2 Å². The first-order chi connectivity index (χ1) is 9.53. The molecule has 2 rings (SSSR count). The molecule has 2 aromatic heterocycles. The highest BCUT2D eigenvalue weighted by Gasteiger charge is 2.19. The van der Waals surface area contributed by atoms with E-state index < -0.39 is 10.0 Å². The van der Waals surface area contributed by atoms with E-state index in [9.17, 15) is 8.42 Å². The van der Waals surface area contributed by atoms with Crippen LogP contribution in [0.2, 0.25) is 0 Å². The average molecular weight is 359 g/mol. The Morgan fingerprint density at radius 3 is 2.80 bits per heavy atom. The second kappa shape index (κ2) is 6.22. The van der Waals surface area contributed by atoms with Crippen LogP contribution in [-0.4, -0.2) is 23.4 Å². The molecule has 0 aliphatic carbocycles. The summed E-state index contributed by atoms with van der Waals surface area (Å²) in [6.07, 6.45) is 4.32. The van der Waals surface area contributed by atoms with E-state index >= 15 is 0 Å². The van der Waals surface area contributed by atoms with E-state index in [-0.39, 0.29) is 17.3 Å². The van der Waals surface area contributed by atoms with E-state index in [1.165, 1.54) is 24.8 Å². The van der Waals surface area contributed by atoms with Gasteiger partial charge in [-0.3, -0.25) is 0 Å². The third-order valence-corrected chi connectivity index (χ3v) is 4.18. The molecule has 4 N–H and O–H groups in total. The molecule has 20 heavy (non-hydrogen) atoms. The summed E-state index contributed by atoms with van der Waals surface area (Å²) in [5.41, 5.74) is 2.80. The lowest BCUT2D eigenvalue weighted by Gasteiger charge is -2.10. The monoisotopic (exact) mass is 358 g/mol. The Bertz CT molecular complexity index is 694. The Morgan fingerprint density at radius 1 is 1.35 bits per heavy atom. The lowest BCUT2D eigenvalue weighted by atomic mass is 10.4. The highest BCUT2D eigenvalue weighted by Crippen LogP contribution is 2.22. The molecular weight excluding hydrogens is 348 g/mol. The van der Waals surface area contributed by atoms with Crippen molar-refractivity contribution in [3.63, 3.8) is 0 Å². The Hall–Kier alpha value is -1.62. The molecule has 0 unspecified atom stereocenters. The van der Waals surface area contributed by atoms with Crippen LogP contribution >= 0.6 is 15.9 Å². The summed E-state index contributed by atoms with van der Waals surface area (Å²) < 4.78 is 27.4. The van der Waals surface area contributed by atoms with Crippen molar-refractivity contribution in [2.45, 2.75) is 11.4 Å². The fraction of sp³-hybridized carbons (Fsp3) is 0.100. The van der Waals surface area contributed by atoms with Gasteiger partial charge < -0.3 is 5.43 Å². The summed E-state index contributed by atoms with van der Waals surface area (Å²) in [6.45, 7) is 0.0430. The summed E-state index contributed by atoms with van der Waals surface area (Å²) in [5.74, 6) is 5.32. The van der Waals surface area contributed by atoms with E-state index in [0.717, 1.165) is 0 Å². The van der Waals surface area contributed by atoms with Crippen LogP contribution in [-0.2, 0) is 16.6 Å². The predicted molar refractivity (Wildman–Crippen MR) is 75.8 cm³/mol. The zero-order valence-electron chi connectivity index (χ0n) is 10.1. The van der Waals surface area contributed by atoms with Gasteiger partial charge in [0.25, 0.3) is 0 Å². The number of hydrogen-bond acceptors (Lipinski definition) is 7. The topological polar surface area (TPSA) is 123 Å². The molecule has 2 heterocycles. The summed E-state index contributed by atoms with van der Waals surface area (Å²) in [5, 5.41) is 0. The van der Waals surface area contributed by atoms with Gasteiger partial charge in [0, 0.05) is 16.9 Å². The van der Waals surface area contributed by atoms with E-state index in [4.69, 9.17) is 5.84 Å². The molecule has 106 valence electrons. The number of nitrogens with two attached hydrogens (primary N) is 1. The minimum absolute atomic E-state index is 0.0430. The lowest BCUT2D eigenvalue weighted by Crippen LogP contribution is -2.26. The van der Waals surface area contributed by atoms with Crippen LogP contribution in [0.3, 0.4) is 0 Å². The maximum absolute atomic E-state index is 12.2. The van der Waals surface area contributed by atoms with Crippen molar-refractivity contribution in [2.75, 3.05) is 5.43 Å². The van der Waals surface area contributed by atoms with Gasteiger partial charge in [-0.1, -0.05) is 0 Å². The number of aromatic nitrogens is 3. The molecule has 2 aromatic rings. The first-order valence-electron chi connectivity index (χ1n) is 5.39. The van der Waals surface area contributed by atoms with Gasteiger partial charge in [-0.15, -0.1) is 0 Å². The van der Waals surface area contributed by atoms with Gasteiger partial charge in [-0.05, 0) is 28.1 Å². The molecule has 0 aromatic carbocycles. The molecule has 0 saturated carbocycles. The zero-order valence-corrected chi connectivity index (χ0v) is 12.5. The zero-order chi connectivity index (χ0) is 14.6. The summed E-state index contributed by atoms with van der Waals surface area (Å²) in [7, 11) is -3.77. The number of nitrogen functional groups attached to an aromatic ring is 1. The normalized spacial score (nSPS) is 11.3. The maximum atomic E-state index is 12.2. The minimum atomic E-state index is -3.77. The Labute approximate surface area is 124 Å². The van der Waals surface area contributed by atoms with Gasteiger partial charge in [-0.2, -0.15) is 0 Å². The van der Waals surface area contributed by atoms with Crippen LogP contribution in [0, 0.1) is 0 Å². The molecule has 0 radical (unpaired) electrons. The van der Waals surface area contributed by atoms with Crippen molar-refractivity contribution in [3.8, 4) is 0 Å². The van der Waals surface area contributed by atoms with Crippen LogP contribution in [0.25, 0.3) is 0 Å².